The molecule has 1 aliphatic rings. The van der Waals surface area contributed by atoms with Crippen molar-refractivity contribution in [2.75, 3.05) is 26.2 Å². The zero-order valence-electron chi connectivity index (χ0n) is 13.3. The van der Waals surface area contributed by atoms with Crippen LogP contribution in [0.15, 0.2) is 24.3 Å². The van der Waals surface area contributed by atoms with Crippen molar-refractivity contribution < 1.29 is 14.4 Å². The summed E-state index contributed by atoms with van der Waals surface area (Å²) < 4.78 is 0. The van der Waals surface area contributed by atoms with Crippen LogP contribution in [0.5, 0.6) is 0 Å². The van der Waals surface area contributed by atoms with Gasteiger partial charge in [-0.1, -0.05) is 17.7 Å². The van der Waals surface area contributed by atoms with Gasteiger partial charge in [0.2, 0.25) is 5.91 Å². The van der Waals surface area contributed by atoms with E-state index in [0.717, 1.165) is 6.42 Å². The molecule has 23 heavy (non-hydrogen) atoms. The van der Waals surface area contributed by atoms with E-state index in [1.54, 1.807) is 34.1 Å². The van der Waals surface area contributed by atoms with Crippen LogP contribution in [0.2, 0.25) is 5.02 Å². The molecular formula is C17H21ClN2O3. The largest absolute Gasteiger partial charge is 0.341 e. The molecule has 0 saturated carbocycles. The van der Waals surface area contributed by atoms with E-state index in [9.17, 15) is 14.4 Å². The highest BCUT2D eigenvalue weighted by molar-refractivity contribution is 6.30. The summed E-state index contributed by atoms with van der Waals surface area (Å²) in [4.78, 5) is 39.1. The van der Waals surface area contributed by atoms with Crippen molar-refractivity contribution in [3.63, 3.8) is 0 Å². The zero-order chi connectivity index (χ0) is 16.8. The van der Waals surface area contributed by atoms with Crippen molar-refractivity contribution in [1.82, 2.24) is 9.80 Å². The van der Waals surface area contributed by atoms with E-state index in [1.807, 2.05) is 0 Å². The SMILES string of the molecule is CC(=O)CCC(=O)N1CCCN(C(=O)c2cccc(Cl)c2)CC1. The third kappa shape index (κ3) is 5.06. The molecule has 5 nitrogen and oxygen atoms in total. The maximum Gasteiger partial charge on any atom is 0.253 e. The number of ketones is 1. The highest BCUT2D eigenvalue weighted by Crippen LogP contribution is 2.14. The summed E-state index contributed by atoms with van der Waals surface area (Å²) in [5.41, 5.74) is 0.564. The molecule has 0 aliphatic carbocycles. The number of carbonyl (C=O) groups excluding carboxylic acids is 3. The lowest BCUT2D eigenvalue weighted by molar-refractivity contribution is -0.132. The molecule has 0 N–H and O–H groups in total. The number of amides is 2. The number of halogens is 1. The molecule has 1 aliphatic heterocycles. The quantitative estimate of drug-likeness (QED) is 0.848. The van der Waals surface area contributed by atoms with Gasteiger partial charge in [-0.2, -0.15) is 0 Å². The van der Waals surface area contributed by atoms with Crippen LogP contribution in [-0.2, 0) is 9.59 Å². The molecule has 0 aromatic heterocycles. The molecule has 1 fully saturated rings. The molecule has 1 aromatic carbocycles. The first-order chi connectivity index (χ1) is 11.0. The number of rotatable bonds is 4. The van der Waals surface area contributed by atoms with Crippen LogP contribution in [-0.4, -0.2) is 53.6 Å². The number of nitrogens with zero attached hydrogens (tertiary/aromatic N) is 2. The normalized spacial score (nSPS) is 15.2. The maximum absolute atomic E-state index is 12.5. The Morgan fingerprint density at radius 3 is 2.43 bits per heavy atom. The fraction of sp³-hybridized carbons (Fsp3) is 0.471. The summed E-state index contributed by atoms with van der Waals surface area (Å²) in [6.45, 7) is 3.72. The van der Waals surface area contributed by atoms with E-state index in [4.69, 9.17) is 11.6 Å². The van der Waals surface area contributed by atoms with Gasteiger partial charge >= 0.3 is 0 Å². The van der Waals surface area contributed by atoms with Gasteiger partial charge in [0.1, 0.15) is 5.78 Å². The van der Waals surface area contributed by atoms with E-state index in [2.05, 4.69) is 0 Å². The molecule has 0 radical (unpaired) electrons. The van der Waals surface area contributed by atoms with Crippen molar-refractivity contribution in [2.45, 2.75) is 26.2 Å². The summed E-state index contributed by atoms with van der Waals surface area (Å²) in [7, 11) is 0. The van der Waals surface area contributed by atoms with Crippen LogP contribution in [0.3, 0.4) is 0 Å². The van der Waals surface area contributed by atoms with Crippen LogP contribution in [0.25, 0.3) is 0 Å². The van der Waals surface area contributed by atoms with Crippen molar-refractivity contribution in [3.8, 4) is 0 Å². The summed E-state index contributed by atoms with van der Waals surface area (Å²) >= 11 is 5.93. The Balaban J connectivity index is 1.94. The van der Waals surface area contributed by atoms with Gasteiger partial charge in [-0.05, 0) is 31.5 Å². The molecule has 1 saturated heterocycles. The number of Topliss-reactive ketones (excluding diaryl/α,β-unsaturated/α-hetero) is 1. The average Bonchev–Trinajstić information content (AvgIpc) is 2.78. The number of hydrogen-bond acceptors (Lipinski definition) is 3. The highest BCUT2D eigenvalue weighted by Gasteiger charge is 2.22. The fourth-order valence-corrected chi connectivity index (χ4v) is 2.81. The molecular weight excluding hydrogens is 316 g/mol. The third-order valence-electron chi connectivity index (χ3n) is 3.90. The van der Waals surface area contributed by atoms with Crippen molar-refractivity contribution in [1.29, 1.82) is 0 Å². The minimum Gasteiger partial charge on any atom is -0.341 e. The summed E-state index contributed by atoms with van der Waals surface area (Å²) in [6, 6.07) is 6.89. The monoisotopic (exact) mass is 336 g/mol. The van der Waals surface area contributed by atoms with Crippen LogP contribution in [0, 0.1) is 0 Å². The van der Waals surface area contributed by atoms with E-state index < -0.39 is 0 Å². The lowest BCUT2D eigenvalue weighted by Crippen LogP contribution is -2.37. The molecule has 6 heteroatoms. The standard InChI is InChI=1S/C17H21ClN2O3/c1-13(21)6-7-16(22)19-8-3-9-20(11-10-19)17(23)14-4-2-5-15(18)12-14/h2,4-5,12H,3,6-11H2,1H3. The van der Waals surface area contributed by atoms with Gasteiger partial charge in [-0.3, -0.25) is 9.59 Å². The van der Waals surface area contributed by atoms with Crippen molar-refractivity contribution in [3.05, 3.63) is 34.9 Å². The smallest absolute Gasteiger partial charge is 0.253 e. The minimum absolute atomic E-state index is 0.0164. The molecule has 1 heterocycles. The van der Waals surface area contributed by atoms with Gasteiger partial charge in [-0.25, -0.2) is 0 Å². The Labute approximate surface area is 141 Å². The predicted octanol–water partition coefficient (Wildman–Crippen LogP) is 2.38. The van der Waals surface area contributed by atoms with Crippen LogP contribution in [0.4, 0.5) is 0 Å². The molecule has 124 valence electrons. The topological polar surface area (TPSA) is 57.7 Å². The summed E-state index contributed by atoms with van der Waals surface area (Å²) in [6.07, 6.45) is 1.26. The second-order valence-electron chi connectivity index (χ2n) is 5.74. The number of benzene rings is 1. The van der Waals surface area contributed by atoms with E-state index in [-0.39, 0.29) is 30.4 Å². The number of carbonyl (C=O) groups is 3. The first-order valence-electron chi connectivity index (χ1n) is 7.79. The Morgan fingerprint density at radius 1 is 1.04 bits per heavy atom. The molecule has 0 unspecified atom stereocenters. The summed E-state index contributed by atoms with van der Waals surface area (Å²) in [5.74, 6) is -0.0614. The van der Waals surface area contributed by atoms with Crippen LogP contribution < -0.4 is 0 Å². The van der Waals surface area contributed by atoms with Crippen molar-refractivity contribution in [2.24, 2.45) is 0 Å². The molecule has 1 aromatic rings. The average molecular weight is 337 g/mol. The van der Waals surface area contributed by atoms with Gasteiger partial charge in [0.15, 0.2) is 0 Å². The van der Waals surface area contributed by atoms with Crippen molar-refractivity contribution >= 4 is 29.2 Å². The van der Waals surface area contributed by atoms with Gasteiger partial charge in [0.25, 0.3) is 5.91 Å². The molecule has 0 bridgehead atoms. The van der Waals surface area contributed by atoms with E-state index >= 15 is 0 Å². The van der Waals surface area contributed by atoms with Gasteiger partial charge in [-0.15, -0.1) is 0 Å². The molecule has 2 rings (SSSR count). The maximum atomic E-state index is 12.5. The second-order valence-corrected chi connectivity index (χ2v) is 6.18. The lowest BCUT2D eigenvalue weighted by Gasteiger charge is -2.22. The van der Waals surface area contributed by atoms with Crippen LogP contribution in [0.1, 0.15) is 36.5 Å². The zero-order valence-corrected chi connectivity index (χ0v) is 14.0. The minimum atomic E-state index is -0.0643. The van der Waals surface area contributed by atoms with Gasteiger partial charge in [0.05, 0.1) is 0 Å². The Morgan fingerprint density at radius 2 is 1.74 bits per heavy atom. The highest BCUT2D eigenvalue weighted by atomic mass is 35.5. The first-order valence-corrected chi connectivity index (χ1v) is 8.17. The first kappa shape index (κ1) is 17.5. The van der Waals surface area contributed by atoms with E-state index in [1.165, 1.54) is 6.92 Å². The number of hydrogen-bond donors (Lipinski definition) is 0. The van der Waals surface area contributed by atoms with Gasteiger partial charge < -0.3 is 14.6 Å². The molecule has 0 spiro atoms. The Bertz CT molecular complexity index is 603. The second kappa shape index (κ2) is 8.11. The lowest BCUT2D eigenvalue weighted by atomic mass is 10.2. The summed E-state index contributed by atoms with van der Waals surface area (Å²) in [5, 5.41) is 0.534. The molecule has 2 amide bonds. The predicted molar refractivity (Wildman–Crippen MR) is 88.5 cm³/mol. The van der Waals surface area contributed by atoms with Gasteiger partial charge in [0, 0.05) is 49.6 Å². The Hall–Kier alpha value is -1.88. The third-order valence-corrected chi connectivity index (χ3v) is 4.13. The molecule has 0 atom stereocenters. The van der Waals surface area contributed by atoms with E-state index in [0.29, 0.717) is 36.8 Å². The fourth-order valence-electron chi connectivity index (χ4n) is 2.62. The Kier molecular flexibility index (Phi) is 6.16. The van der Waals surface area contributed by atoms with Crippen LogP contribution >= 0.6 is 11.6 Å².